The van der Waals surface area contributed by atoms with Gasteiger partial charge in [0.15, 0.2) is 0 Å². The van der Waals surface area contributed by atoms with Crippen molar-refractivity contribution in [1.29, 1.82) is 0 Å². The minimum Gasteiger partial charge on any atom is -0.354 e. The van der Waals surface area contributed by atoms with Crippen LogP contribution in [0.2, 0.25) is 10.0 Å². The number of halogens is 3. The molecule has 3 rings (SSSR count). The standard InChI is InChI=1S/C18H12Cl2FN3O/c19-12-1-3-13(4-2-12)23-15-7-11(9-22-10-15)18(25)24-14-5-6-17(21)16(20)8-14/h1-10,23H,(H,24,25). The number of carbonyl (C=O) groups excluding carboxylic acids is 1. The monoisotopic (exact) mass is 375 g/mol. The average Bonchev–Trinajstić information content (AvgIpc) is 2.60. The van der Waals surface area contributed by atoms with Crippen molar-refractivity contribution in [2.24, 2.45) is 0 Å². The van der Waals surface area contributed by atoms with Crippen LogP contribution in [0.25, 0.3) is 0 Å². The van der Waals surface area contributed by atoms with Crippen molar-refractivity contribution >= 4 is 46.2 Å². The second-order valence-electron chi connectivity index (χ2n) is 5.18. The highest BCUT2D eigenvalue weighted by Gasteiger charge is 2.09. The van der Waals surface area contributed by atoms with Gasteiger partial charge < -0.3 is 10.6 Å². The summed E-state index contributed by atoms with van der Waals surface area (Å²) in [4.78, 5) is 16.4. The highest BCUT2D eigenvalue weighted by molar-refractivity contribution is 6.31. The molecule has 126 valence electrons. The smallest absolute Gasteiger partial charge is 0.257 e. The summed E-state index contributed by atoms with van der Waals surface area (Å²) in [6.07, 6.45) is 3.04. The summed E-state index contributed by atoms with van der Waals surface area (Å²) >= 11 is 11.6. The van der Waals surface area contributed by atoms with E-state index in [2.05, 4.69) is 15.6 Å². The van der Waals surface area contributed by atoms with Gasteiger partial charge in [-0.2, -0.15) is 0 Å². The summed E-state index contributed by atoms with van der Waals surface area (Å²) in [5.74, 6) is -0.926. The molecule has 0 unspecified atom stereocenters. The van der Waals surface area contributed by atoms with Crippen LogP contribution in [0.3, 0.4) is 0 Å². The SMILES string of the molecule is O=C(Nc1ccc(F)c(Cl)c1)c1cncc(Nc2ccc(Cl)cc2)c1. The summed E-state index contributed by atoms with van der Waals surface area (Å²) in [5.41, 5.74) is 2.20. The molecule has 25 heavy (non-hydrogen) atoms. The Kier molecular flexibility index (Phi) is 5.16. The summed E-state index contributed by atoms with van der Waals surface area (Å²) in [7, 11) is 0. The minimum atomic E-state index is -0.546. The fraction of sp³-hybridized carbons (Fsp3) is 0. The van der Waals surface area contributed by atoms with E-state index in [-0.39, 0.29) is 10.9 Å². The molecule has 4 nitrogen and oxygen atoms in total. The zero-order valence-corrected chi connectivity index (χ0v) is 14.3. The van der Waals surface area contributed by atoms with Gasteiger partial charge in [0.1, 0.15) is 5.82 Å². The molecule has 7 heteroatoms. The lowest BCUT2D eigenvalue weighted by Crippen LogP contribution is -2.12. The van der Waals surface area contributed by atoms with Crippen molar-refractivity contribution in [3.8, 4) is 0 Å². The lowest BCUT2D eigenvalue weighted by Gasteiger charge is -2.09. The maximum atomic E-state index is 13.2. The highest BCUT2D eigenvalue weighted by Crippen LogP contribution is 2.21. The van der Waals surface area contributed by atoms with E-state index in [9.17, 15) is 9.18 Å². The molecule has 0 aliphatic heterocycles. The molecule has 1 amide bonds. The van der Waals surface area contributed by atoms with Gasteiger partial charge >= 0.3 is 0 Å². The molecule has 2 aromatic carbocycles. The van der Waals surface area contributed by atoms with Crippen LogP contribution in [-0.4, -0.2) is 10.9 Å². The number of amides is 1. The van der Waals surface area contributed by atoms with Crippen LogP contribution in [0.4, 0.5) is 21.5 Å². The first-order valence-electron chi connectivity index (χ1n) is 7.25. The quantitative estimate of drug-likeness (QED) is 0.630. The largest absolute Gasteiger partial charge is 0.354 e. The van der Waals surface area contributed by atoms with E-state index in [4.69, 9.17) is 23.2 Å². The number of aromatic nitrogens is 1. The molecule has 0 aliphatic rings. The molecule has 2 N–H and O–H groups in total. The maximum absolute atomic E-state index is 13.2. The molecule has 0 atom stereocenters. The van der Waals surface area contributed by atoms with Gasteiger partial charge in [0.05, 0.1) is 22.5 Å². The third-order valence-corrected chi connectivity index (χ3v) is 3.85. The van der Waals surface area contributed by atoms with Crippen LogP contribution in [0.15, 0.2) is 60.9 Å². The van der Waals surface area contributed by atoms with Crippen molar-refractivity contribution in [3.05, 3.63) is 82.4 Å². The molecule has 3 aromatic rings. The van der Waals surface area contributed by atoms with Crippen LogP contribution in [0.1, 0.15) is 10.4 Å². The summed E-state index contributed by atoms with van der Waals surface area (Å²) in [6, 6.07) is 12.8. The summed E-state index contributed by atoms with van der Waals surface area (Å²) in [6.45, 7) is 0. The molecule has 0 radical (unpaired) electrons. The fourth-order valence-corrected chi connectivity index (χ4v) is 2.42. The molecule has 0 bridgehead atoms. The van der Waals surface area contributed by atoms with E-state index < -0.39 is 5.82 Å². The van der Waals surface area contributed by atoms with Crippen LogP contribution in [0.5, 0.6) is 0 Å². The first-order valence-corrected chi connectivity index (χ1v) is 8.01. The number of carbonyl (C=O) groups is 1. The van der Waals surface area contributed by atoms with E-state index in [1.165, 1.54) is 24.4 Å². The van der Waals surface area contributed by atoms with E-state index in [0.717, 1.165) is 5.69 Å². The van der Waals surface area contributed by atoms with Crippen LogP contribution in [0, 0.1) is 5.82 Å². The van der Waals surface area contributed by atoms with E-state index in [1.807, 2.05) is 12.1 Å². The van der Waals surface area contributed by atoms with Crippen molar-refractivity contribution in [2.45, 2.75) is 0 Å². The van der Waals surface area contributed by atoms with Gasteiger partial charge in [0.2, 0.25) is 0 Å². The Labute approximate surface area is 153 Å². The fourth-order valence-electron chi connectivity index (χ4n) is 2.11. The zero-order valence-electron chi connectivity index (χ0n) is 12.8. The van der Waals surface area contributed by atoms with E-state index in [0.29, 0.717) is 22.0 Å². The van der Waals surface area contributed by atoms with Crippen molar-refractivity contribution in [1.82, 2.24) is 4.98 Å². The van der Waals surface area contributed by atoms with Crippen LogP contribution >= 0.6 is 23.2 Å². The number of rotatable bonds is 4. The number of hydrogen-bond acceptors (Lipinski definition) is 3. The van der Waals surface area contributed by atoms with E-state index in [1.54, 1.807) is 24.4 Å². The Bertz CT molecular complexity index is 916. The Hall–Kier alpha value is -2.63. The number of pyridine rings is 1. The molecule has 0 spiro atoms. The Balaban J connectivity index is 1.74. The Morgan fingerprint density at radius 2 is 1.64 bits per heavy atom. The normalized spacial score (nSPS) is 10.4. The van der Waals surface area contributed by atoms with Crippen molar-refractivity contribution in [3.63, 3.8) is 0 Å². The second-order valence-corrected chi connectivity index (χ2v) is 6.02. The molecule has 1 aromatic heterocycles. The van der Waals surface area contributed by atoms with Crippen LogP contribution in [-0.2, 0) is 0 Å². The second kappa shape index (κ2) is 7.51. The molecule has 0 fully saturated rings. The Morgan fingerprint density at radius 1 is 0.920 bits per heavy atom. The maximum Gasteiger partial charge on any atom is 0.257 e. The third kappa shape index (κ3) is 4.47. The van der Waals surface area contributed by atoms with Gasteiger partial charge in [-0.05, 0) is 48.5 Å². The van der Waals surface area contributed by atoms with Crippen LogP contribution < -0.4 is 10.6 Å². The zero-order chi connectivity index (χ0) is 17.8. The Morgan fingerprint density at radius 3 is 2.36 bits per heavy atom. The lowest BCUT2D eigenvalue weighted by atomic mass is 10.2. The molecule has 1 heterocycles. The predicted molar refractivity (Wildman–Crippen MR) is 98.3 cm³/mol. The van der Waals surface area contributed by atoms with Gasteiger partial charge in [-0.3, -0.25) is 9.78 Å². The predicted octanol–water partition coefficient (Wildman–Crippen LogP) is 5.52. The number of anilines is 3. The molecule has 0 aliphatic carbocycles. The lowest BCUT2D eigenvalue weighted by molar-refractivity contribution is 0.102. The molecular formula is C18H12Cl2FN3O. The number of nitrogens with zero attached hydrogens (tertiary/aromatic N) is 1. The molecule has 0 saturated carbocycles. The third-order valence-electron chi connectivity index (χ3n) is 3.31. The summed E-state index contributed by atoms with van der Waals surface area (Å²) in [5, 5.41) is 6.36. The topological polar surface area (TPSA) is 54.0 Å². The first kappa shape index (κ1) is 17.2. The van der Waals surface area contributed by atoms with Gasteiger partial charge in [-0.15, -0.1) is 0 Å². The highest BCUT2D eigenvalue weighted by atomic mass is 35.5. The van der Waals surface area contributed by atoms with Crippen molar-refractivity contribution in [2.75, 3.05) is 10.6 Å². The number of benzene rings is 2. The first-order chi connectivity index (χ1) is 12.0. The molecule has 0 saturated heterocycles. The molecular weight excluding hydrogens is 364 g/mol. The van der Waals surface area contributed by atoms with Crippen molar-refractivity contribution < 1.29 is 9.18 Å². The van der Waals surface area contributed by atoms with Gasteiger partial charge in [-0.25, -0.2) is 4.39 Å². The van der Waals surface area contributed by atoms with Gasteiger partial charge in [0, 0.05) is 22.6 Å². The number of nitrogens with one attached hydrogen (secondary N) is 2. The van der Waals surface area contributed by atoms with E-state index >= 15 is 0 Å². The number of hydrogen-bond donors (Lipinski definition) is 2. The average molecular weight is 376 g/mol. The minimum absolute atomic E-state index is 0.0610. The summed E-state index contributed by atoms with van der Waals surface area (Å²) < 4.78 is 13.2. The van der Waals surface area contributed by atoms with Gasteiger partial charge in [0.25, 0.3) is 5.91 Å². The van der Waals surface area contributed by atoms with Gasteiger partial charge in [-0.1, -0.05) is 23.2 Å².